The molecule has 0 saturated carbocycles. The molecule has 2 atom stereocenters. The number of nitrogens with zero attached hydrogens (tertiary/aromatic N) is 4. The van der Waals surface area contributed by atoms with E-state index in [4.69, 9.17) is 10.00 Å². The molecule has 1 aromatic rings. The van der Waals surface area contributed by atoms with E-state index in [0.29, 0.717) is 37.7 Å². The van der Waals surface area contributed by atoms with Crippen molar-refractivity contribution < 1.29 is 13.9 Å². The molecule has 2 aliphatic rings. The second-order valence-electron chi connectivity index (χ2n) is 5.45. The number of carbonyl (C=O) groups is 1. The summed E-state index contributed by atoms with van der Waals surface area (Å²) < 4.78 is 19.1. The number of aromatic nitrogens is 1. The van der Waals surface area contributed by atoms with E-state index >= 15 is 0 Å². The van der Waals surface area contributed by atoms with Crippen LogP contribution in [0.15, 0.2) is 18.3 Å². The van der Waals surface area contributed by atoms with Crippen LogP contribution in [0.5, 0.6) is 0 Å². The largest absolute Gasteiger partial charge is 0.378 e. The molecule has 0 unspecified atom stereocenters. The normalized spacial score (nSPS) is 25.1. The highest BCUT2D eigenvalue weighted by atomic mass is 19.1. The molecule has 0 spiro atoms. The van der Waals surface area contributed by atoms with Gasteiger partial charge in [-0.05, 0) is 12.1 Å². The van der Waals surface area contributed by atoms with Gasteiger partial charge in [0.1, 0.15) is 24.0 Å². The molecular weight excluding hydrogens is 287 g/mol. The van der Waals surface area contributed by atoms with Crippen LogP contribution in [0.4, 0.5) is 10.1 Å². The standard InChI is InChI=1S/C15H17FN4O2/c16-11-7-14(15(21)19-3-5-22-6-4-19)20(10-11)13-2-1-12(8-17)18-9-13/h1-2,9,11,14H,3-7,10H2/t11-,14+/m1/s1. The molecule has 2 saturated heterocycles. The van der Waals surface area contributed by atoms with Crippen LogP contribution in [0.1, 0.15) is 12.1 Å². The summed E-state index contributed by atoms with van der Waals surface area (Å²) >= 11 is 0. The molecule has 6 nitrogen and oxygen atoms in total. The van der Waals surface area contributed by atoms with Gasteiger partial charge in [-0.15, -0.1) is 0 Å². The van der Waals surface area contributed by atoms with Crippen molar-refractivity contribution >= 4 is 11.6 Å². The Morgan fingerprint density at radius 2 is 2.18 bits per heavy atom. The summed E-state index contributed by atoms with van der Waals surface area (Å²) in [4.78, 5) is 20.1. The molecule has 7 heteroatoms. The van der Waals surface area contributed by atoms with Crippen LogP contribution in [0.25, 0.3) is 0 Å². The van der Waals surface area contributed by atoms with Crippen molar-refractivity contribution in [2.24, 2.45) is 0 Å². The second kappa shape index (κ2) is 6.28. The lowest BCUT2D eigenvalue weighted by atomic mass is 10.1. The second-order valence-corrected chi connectivity index (χ2v) is 5.45. The van der Waals surface area contributed by atoms with Crippen LogP contribution in [-0.4, -0.2) is 60.9 Å². The molecule has 2 fully saturated rings. The van der Waals surface area contributed by atoms with Gasteiger partial charge >= 0.3 is 0 Å². The van der Waals surface area contributed by atoms with Gasteiger partial charge in [0.15, 0.2) is 0 Å². The third-order valence-electron chi connectivity index (χ3n) is 4.05. The predicted octanol–water partition coefficient (Wildman–Crippen LogP) is 0.729. The lowest BCUT2D eigenvalue weighted by Crippen LogP contribution is -2.49. The van der Waals surface area contributed by atoms with E-state index in [1.165, 1.54) is 6.20 Å². The van der Waals surface area contributed by atoms with Crippen molar-refractivity contribution in [1.29, 1.82) is 5.26 Å². The maximum atomic E-state index is 13.9. The first-order chi connectivity index (χ1) is 10.7. The third kappa shape index (κ3) is 2.88. The lowest BCUT2D eigenvalue weighted by molar-refractivity contribution is -0.136. The molecular formula is C15H17FN4O2. The molecule has 1 amide bonds. The van der Waals surface area contributed by atoms with Gasteiger partial charge in [-0.25, -0.2) is 9.37 Å². The van der Waals surface area contributed by atoms with E-state index in [2.05, 4.69) is 4.98 Å². The van der Waals surface area contributed by atoms with Crippen LogP contribution < -0.4 is 4.90 Å². The first-order valence-electron chi connectivity index (χ1n) is 7.32. The summed E-state index contributed by atoms with van der Waals surface area (Å²) in [6, 6.07) is 4.73. The van der Waals surface area contributed by atoms with Gasteiger partial charge in [0.05, 0.1) is 31.6 Å². The highest BCUT2D eigenvalue weighted by molar-refractivity contribution is 5.86. The van der Waals surface area contributed by atoms with Crippen molar-refractivity contribution in [2.45, 2.75) is 18.6 Å². The maximum absolute atomic E-state index is 13.9. The average Bonchev–Trinajstić information content (AvgIpc) is 2.97. The third-order valence-corrected chi connectivity index (χ3v) is 4.05. The molecule has 0 radical (unpaired) electrons. The van der Waals surface area contributed by atoms with Gasteiger partial charge in [0.25, 0.3) is 0 Å². The van der Waals surface area contributed by atoms with Crippen LogP contribution in [0.2, 0.25) is 0 Å². The van der Waals surface area contributed by atoms with Gasteiger partial charge < -0.3 is 14.5 Å². The smallest absolute Gasteiger partial charge is 0.245 e. The minimum absolute atomic E-state index is 0.0622. The molecule has 0 aromatic carbocycles. The molecule has 116 valence electrons. The van der Waals surface area contributed by atoms with E-state index in [0.717, 1.165) is 0 Å². The fraction of sp³-hybridized carbons (Fsp3) is 0.533. The van der Waals surface area contributed by atoms with Crippen molar-refractivity contribution in [2.75, 3.05) is 37.7 Å². The zero-order valence-electron chi connectivity index (χ0n) is 12.1. The van der Waals surface area contributed by atoms with E-state index in [-0.39, 0.29) is 18.9 Å². The van der Waals surface area contributed by atoms with Crippen molar-refractivity contribution in [1.82, 2.24) is 9.88 Å². The van der Waals surface area contributed by atoms with Gasteiger partial charge in [-0.3, -0.25) is 4.79 Å². The summed E-state index contributed by atoms with van der Waals surface area (Å²) in [5, 5.41) is 8.79. The van der Waals surface area contributed by atoms with Gasteiger partial charge in [0, 0.05) is 19.5 Å². The molecule has 3 rings (SSSR count). The Labute approximate surface area is 128 Å². The minimum Gasteiger partial charge on any atom is -0.378 e. The Morgan fingerprint density at radius 3 is 2.82 bits per heavy atom. The minimum atomic E-state index is -1.04. The summed E-state index contributed by atoms with van der Waals surface area (Å²) in [6.45, 7) is 2.32. The van der Waals surface area contributed by atoms with E-state index in [9.17, 15) is 9.18 Å². The molecule has 3 heterocycles. The number of carbonyl (C=O) groups excluding carboxylic acids is 1. The average molecular weight is 304 g/mol. The Morgan fingerprint density at radius 1 is 1.41 bits per heavy atom. The van der Waals surface area contributed by atoms with Crippen LogP contribution in [0, 0.1) is 11.3 Å². The number of alkyl halides is 1. The number of amides is 1. The Kier molecular flexibility index (Phi) is 4.20. The van der Waals surface area contributed by atoms with Crippen molar-refractivity contribution in [3.05, 3.63) is 24.0 Å². The number of hydrogen-bond acceptors (Lipinski definition) is 5. The van der Waals surface area contributed by atoms with Gasteiger partial charge in [-0.2, -0.15) is 5.26 Å². The van der Waals surface area contributed by atoms with E-state index < -0.39 is 12.2 Å². The zero-order chi connectivity index (χ0) is 15.5. The number of halogens is 1. The predicted molar refractivity (Wildman–Crippen MR) is 77.0 cm³/mol. The van der Waals surface area contributed by atoms with E-state index in [1.54, 1.807) is 21.9 Å². The van der Waals surface area contributed by atoms with Crippen LogP contribution in [-0.2, 0) is 9.53 Å². The zero-order valence-corrected chi connectivity index (χ0v) is 12.1. The Bertz CT molecular complexity index is 580. The number of ether oxygens (including phenoxy) is 1. The highest BCUT2D eigenvalue weighted by Gasteiger charge is 2.39. The number of pyridine rings is 1. The monoisotopic (exact) mass is 304 g/mol. The summed E-state index contributed by atoms with van der Waals surface area (Å²) in [7, 11) is 0. The lowest BCUT2D eigenvalue weighted by Gasteiger charge is -2.33. The molecule has 0 N–H and O–H groups in total. The van der Waals surface area contributed by atoms with Crippen LogP contribution in [0.3, 0.4) is 0 Å². The Balaban J connectivity index is 1.79. The Hall–Kier alpha value is -2.20. The first kappa shape index (κ1) is 14.7. The number of anilines is 1. The van der Waals surface area contributed by atoms with Gasteiger partial charge in [-0.1, -0.05) is 0 Å². The quantitative estimate of drug-likeness (QED) is 0.805. The van der Waals surface area contributed by atoms with Gasteiger partial charge in [0.2, 0.25) is 5.91 Å². The number of nitriles is 1. The first-order valence-corrected chi connectivity index (χ1v) is 7.32. The number of rotatable bonds is 2. The summed E-state index contributed by atoms with van der Waals surface area (Å²) in [6.07, 6.45) is 0.678. The SMILES string of the molecule is N#Cc1ccc(N2C[C@H](F)C[C@H]2C(=O)N2CCOCC2)cn1. The molecule has 2 aliphatic heterocycles. The summed E-state index contributed by atoms with van der Waals surface area (Å²) in [5.41, 5.74) is 0.974. The maximum Gasteiger partial charge on any atom is 0.245 e. The molecule has 1 aromatic heterocycles. The topological polar surface area (TPSA) is 69.5 Å². The molecule has 22 heavy (non-hydrogen) atoms. The molecule has 0 bridgehead atoms. The fourth-order valence-electron chi connectivity index (χ4n) is 2.92. The summed E-state index contributed by atoms with van der Waals surface area (Å²) in [5.74, 6) is -0.0622. The van der Waals surface area contributed by atoms with Crippen molar-refractivity contribution in [3.8, 4) is 6.07 Å². The number of hydrogen-bond donors (Lipinski definition) is 0. The van der Waals surface area contributed by atoms with Crippen LogP contribution >= 0.6 is 0 Å². The highest BCUT2D eigenvalue weighted by Crippen LogP contribution is 2.28. The fourth-order valence-corrected chi connectivity index (χ4v) is 2.92. The molecule has 0 aliphatic carbocycles. The number of morpholine rings is 1. The van der Waals surface area contributed by atoms with E-state index in [1.807, 2.05) is 6.07 Å². The van der Waals surface area contributed by atoms with Crippen molar-refractivity contribution in [3.63, 3.8) is 0 Å².